The van der Waals surface area contributed by atoms with Crippen LogP contribution in [0, 0.1) is 6.92 Å². The predicted molar refractivity (Wildman–Crippen MR) is 96.5 cm³/mol. The molecule has 2 aromatic carbocycles. The van der Waals surface area contributed by atoms with Crippen LogP contribution in [0.2, 0.25) is 0 Å². The molecule has 0 aromatic heterocycles. The molecule has 0 aliphatic carbocycles. The summed E-state index contributed by atoms with van der Waals surface area (Å²) >= 11 is 0. The van der Waals surface area contributed by atoms with Crippen LogP contribution in [0.3, 0.4) is 0 Å². The van der Waals surface area contributed by atoms with E-state index in [0.29, 0.717) is 30.9 Å². The van der Waals surface area contributed by atoms with E-state index in [1.54, 1.807) is 30.3 Å². The Bertz CT molecular complexity index is 923. The minimum Gasteiger partial charge on any atom is -0.492 e. The van der Waals surface area contributed by atoms with Gasteiger partial charge in [0.25, 0.3) is 10.0 Å². The average molecular weight is 360 g/mol. The van der Waals surface area contributed by atoms with Crippen LogP contribution in [-0.2, 0) is 21.2 Å². The van der Waals surface area contributed by atoms with Gasteiger partial charge in [-0.1, -0.05) is 6.07 Å². The third-order valence-corrected chi connectivity index (χ3v) is 5.34. The maximum atomic E-state index is 12.8. The summed E-state index contributed by atoms with van der Waals surface area (Å²) in [6.07, 6.45) is 0.987. The van der Waals surface area contributed by atoms with Crippen molar-refractivity contribution in [3.8, 4) is 5.75 Å². The van der Waals surface area contributed by atoms with Crippen molar-refractivity contribution in [2.75, 3.05) is 16.6 Å². The molecule has 1 heterocycles. The number of hydrogen-bond donors (Lipinski definition) is 2. The quantitative estimate of drug-likeness (QED) is 0.858. The van der Waals surface area contributed by atoms with E-state index in [1.165, 1.54) is 0 Å². The number of fused-ring (bicyclic) bond motifs is 1. The molecular formula is C18H20N2O4S. The first-order valence-corrected chi connectivity index (χ1v) is 9.56. The van der Waals surface area contributed by atoms with Gasteiger partial charge in [0.15, 0.2) is 0 Å². The molecule has 0 bridgehead atoms. The number of carbonyl (C=O) groups is 1. The molecule has 0 spiro atoms. The third-order valence-electron chi connectivity index (χ3n) is 3.94. The van der Waals surface area contributed by atoms with E-state index >= 15 is 0 Å². The van der Waals surface area contributed by atoms with Crippen molar-refractivity contribution in [3.63, 3.8) is 0 Å². The normalized spacial score (nSPS) is 13.8. The van der Waals surface area contributed by atoms with Crippen molar-refractivity contribution in [2.24, 2.45) is 0 Å². The minimum atomic E-state index is -3.79. The van der Waals surface area contributed by atoms with Crippen LogP contribution < -0.4 is 14.8 Å². The zero-order valence-electron chi connectivity index (χ0n) is 14.1. The lowest BCUT2D eigenvalue weighted by Gasteiger charge is -2.18. The van der Waals surface area contributed by atoms with Crippen LogP contribution >= 0.6 is 0 Å². The molecule has 0 fully saturated rings. The Morgan fingerprint density at radius 3 is 2.72 bits per heavy atom. The monoisotopic (exact) mass is 360 g/mol. The Labute approximate surface area is 147 Å². The molecule has 0 atom stereocenters. The molecule has 25 heavy (non-hydrogen) atoms. The van der Waals surface area contributed by atoms with Gasteiger partial charge in [0, 0.05) is 17.8 Å². The first-order chi connectivity index (χ1) is 11.9. The fourth-order valence-corrected chi connectivity index (χ4v) is 4.04. The zero-order valence-corrected chi connectivity index (χ0v) is 14.9. The SMILES string of the molecule is CCOc1ccc(C)cc1S(=O)(=O)Nc1ccc2c(c1)CCC(=O)N2. The summed E-state index contributed by atoms with van der Waals surface area (Å²) in [7, 11) is -3.79. The van der Waals surface area contributed by atoms with Crippen molar-refractivity contribution in [3.05, 3.63) is 47.5 Å². The predicted octanol–water partition coefficient (Wildman–Crippen LogP) is 3.08. The topological polar surface area (TPSA) is 84.5 Å². The van der Waals surface area contributed by atoms with Crippen LogP contribution in [0.4, 0.5) is 11.4 Å². The second kappa shape index (κ2) is 6.76. The molecule has 0 saturated carbocycles. The van der Waals surface area contributed by atoms with Gasteiger partial charge in [0.1, 0.15) is 10.6 Å². The van der Waals surface area contributed by atoms with E-state index in [4.69, 9.17) is 4.74 Å². The first kappa shape index (κ1) is 17.3. The number of sulfonamides is 1. The molecule has 7 heteroatoms. The van der Waals surface area contributed by atoms with Crippen molar-refractivity contribution >= 4 is 27.3 Å². The summed E-state index contributed by atoms with van der Waals surface area (Å²) in [4.78, 5) is 11.5. The summed E-state index contributed by atoms with van der Waals surface area (Å²) in [6, 6.07) is 10.2. The zero-order chi connectivity index (χ0) is 18.0. The molecular weight excluding hydrogens is 340 g/mol. The van der Waals surface area contributed by atoms with Crippen LogP contribution in [0.15, 0.2) is 41.3 Å². The van der Waals surface area contributed by atoms with Crippen molar-refractivity contribution in [2.45, 2.75) is 31.6 Å². The number of carbonyl (C=O) groups excluding carboxylic acids is 1. The van der Waals surface area contributed by atoms with Gasteiger partial charge < -0.3 is 10.1 Å². The van der Waals surface area contributed by atoms with Crippen molar-refractivity contribution in [1.82, 2.24) is 0 Å². The molecule has 3 rings (SSSR count). The first-order valence-electron chi connectivity index (χ1n) is 8.08. The molecule has 6 nitrogen and oxygen atoms in total. The largest absolute Gasteiger partial charge is 0.492 e. The molecule has 2 N–H and O–H groups in total. The van der Waals surface area contributed by atoms with Crippen molar-refractivity contribution < 1.29 is 17.9 Å². The lowest BCUT2D eigenvalue weighted by molar-refractivity contribution is -0.116. The Hall–Kier alpha value is -2.54. The van der Waals surface area contributed by atoms with Gasteiger partial charge in [-0.15, -0.1) is 0 Å². The number of aryl methyl sites for hydroxylation is 2. The molecule has 132 valence electrons. The fraction of sp³-hybridized carbons (Fsp3) is 0.278. The van der Waals surface area contributed by atoms with E-state index < -0.39 is 10.0 Å². The number of nitrogens with one attached hydrogen (secondary N) is 2. The van der Waals surface area contributed by atoms with Gasteiger partial charge in [-0.25, -0.2) is 8.42 Å². The molecule has 0 unspecified atom stereocenters. The Morgan fingerprint density at radius 2 is 1.96 bits per heavy atom. The highest BCUT2D eigenvalue weighted by molar-refractivity contribution is 7.92. The summed E-state index contributed by atoms with van der Waals surface area (Å²) in [5.74, 6) is 0.299. The van der Waals surface area contributed by atoms with E-state index in [0.717, 1.165) is 16.8 Å². The molecule has 1 aliphatic rings. The molecule has 0 saturated heterocycles. The molecule has 1 aliphatic heterocycles. The minimum absolute atomic E-state index is 0.0260. The van der Waals surface area contributed by atoms with Crippen LogP contribution in [-0.4, -0.2) is 20.9 Å². The number of amides is 1. The van der Waals surface area contributed by atoms with Gasteiger partial charge in [-0.3, -0.25) is 9.52 Å². The molecule has 0 radical (unpaired) electrons. The fourth-order valence-electron chi connectivity index (χ4n) is 2.76. The molecule has 1 amide bonds. The summed E-state index contributed by atoms with van der Waals surface area (Å²) in [5.41, 5.74) is 2.93. The van der Waals surface area contributed by atoms with Gasteiger partial charge in [0.05, 0.1) is 6.61 Å². The van der Waals surface area contributed by atoms with Gasteiger partial charge in [-0.05, 0) is 61.7 Å². The Balaban J connectivity index is 1.92. The summed E-state index contributed by atoms with van der Waals surface area (Å²) in [5, 5.41) is 2.78. The highest BCUT2D eigenvalue weighted by atomic mass is 32.2. The number of hydrogen-bond acceptors (Lipinski definition) is 4. The number of ether oxygens (including phenoxy) is 1. The highest BCUT2D eigenvalue weighted by Gasteiger charge is 2.21. The lowest BCUT2D eigenvalue weighted by atomic mass is 10.0. The second-order valence-electron chi connectivity index (χ2n) is 5.91. The van der Waals surface area contributed by atoms with Crippen LogP contribution in [0.5, 0.6) is 5.75 Å². The lowest BCUT2D eigenvalue weighted by Crippen LogP contribution is -2.19. The van der Waals surface area contributed by atoms with Gasteiger partial charge in [-0.2, -0.15) is 0 Å². The Morgan fingerprint density at radius 1 is 1.16 bits per heavy atom. The van der Waals surface area contributed by atoms with E-state index in [9.17, 15) is 13.2 Å². The van der Waals surface area contributed by atoms with Crippen molar-refractivity contribution in [1.29, 1.82) is 0 Å². The van der Waals surface area contributed by atoms with E-state index in [-0.39, 0.29) is 10.8 Å². The maximum absolute atomic E-state index is 12.8. The number of rotatable bonds is 5. The van der Waals surface area contributed by atoms with E-state index in [1.807, 2.05) is 19.9 Å². The number of anilines is 2. The Kier molecular flexibility index (Phi) is 4.67. The summed E-state index contributed by atoms with van der Waals surface area (Å²) in [6.45, 7) is 4.02. The second-order valence-corrected chi connectivity index (χ2v) is 7.56. The summed E-state index contributed by atoms with van der Waals surface area (Å²) < 4.78 is 33.7. The highest BCUT2D eigenvalue weighted by Crippen LogP contribution is 2.30. The standard InChI is InChI=1S/C18H20N2O4S/c1-3-24-16-8-4-12(2)10-17(16)25(22,23)20-14-6-7-15-13(11-14)5-9-18(21)19-15/h4,6-8,10-11,20H,3,5,9H2,1-2H3,(H,19,21). The van der Waals surface area contributed by atoms with Gasteiger partial charge in [0.2, 0.25) is 5.91 Å². The molecule has 2 aromatic rings. The smallest absolute Gasteiger partial charge is 0.265 e. The van der Waals surface area contributed by atoms with Gasteiger partial charge >= 0.3 is 0 Å². The maximum Gasteiger partial charge on any atom is 0.265 e. The van der Waals surface area contributed by atoms with Crippen LogP contribution in [0.1, 0.15) is 24.5 Å². The number of benzene rings is 2. The third kappa shape index (κ3) is 3.76. The van der Waals surface area contributed by atoms with Crippen LogP contribution in [0.25, 0.3) is 0 Å². The average Bonchev–Trinajstić information content (AvgIpc) is 2.56. The van der Waals surface area contributed by atoms with E-state index in [2.05, 4.69) is 10.0 Å².